The fourth-order valence-corrected chi connectivity index (χ4v) is 3.04. The van der Waals surface area contributed by atoms with Gasteiger partial charge in [0.15, 0.2) is 0 Å². The van der Waals surface area contributed by atoms with Crippen LogP contribution in [0.5, 0.6) is 0 Å². The van der Waals surface area contributed by atoms with Crippen molar-refractivity contribution in [3.05, 3.63) is 71.8 Å². The maximum Gasteiger partial charge on any atom is 0.275 e. The second-order valence-corrected chi connectivity index (χ2v) is 6.14. The molecule has 3 rings (SSSR count). The highest BCUT2D eigenvalue weighted by Crippen LogP contribution is 2.19. The molecule has 0 aliphatic heterocycles. The lowest BCUT2D eigenvalue weighted by molar-refractivity contribution is 0.0475. The van der Waals surface area contributed by atoms with Gasteiger partial charge in [0, 0.05) is 17.2 Å². The maximum atomic E-state index is 12.9. The van der Waals surface area contributed by atoms with Gasteiger partial charge in [0.2, 0.25) is 0 Å². The Bertz CT molecular complexity index is 628. The molecule has 0 unspecified atom stereocenters. The van der Waals surface area contributed by atoms with Crippen molar-refractivity contribution in [1.29, 1.82) is 0 Å². The van der Waals surface area contributed by atoms with Gasteiger partial charge in [-0.1, -0.05) is 55.7 Å². The summed E-state index contributed by atoms with van der Waals surface area (Å²) in [5.74, 6) is -0.620. The van der Waals surface area contributed by atoms with Crippen LogP contribution < -0.4 is 5.43 Å². The van der Waals surface area contributed by atoms with E-state index in [0.29, 0.717) is 11.1 Å². The van der Waals surface area contributed by atoms with E-state index in [9.17, 15) is 9.59 Å². The minimum atomic E-state index is -0.310. The van der Waals surface area contributed by atoms with Gasteiger partial charge in [-0.25, -0.2) is 10.4 Å². The number of hydrazine groups is 1. The first kappa shape index (κ1) is 16.4. The number of hydrogen-bond acceptors (Lipinski definition) is 3. The summed E-state index contributed by atoms with van der Waals surface area (Å²) in [5, 5.41) is 1.20. The van der Waals surface area contributed by atoms with Gasteiger partial charge in [0.05, 0.1) is 0 Å². The lowest BCUT2D eigenvalue weighted by Gasteiger charge is -2.30. The molecule has 0 bridgehead atoms. The molecule has 0 radical (unpaired) electrons. The zero-order chi connectivity index (χ0) is 16.8. The lowest BCUT2D eigenvalue weighted by Crippen LogP contribution is -2.52. The van der Waals surface area contributed by atoms with Gasteiger partial charge in [-0.2, -0.15) is 0 Å². The molecule has 4 nitrogen and oxygen atoms in total. The van der Waals surface area contributed by atoms with Gasteiger partial charge in [-0.3, -0.25) is 9.59 Å². The minimum Gasteiger partial charge on any atom is -0.267 e. The summed E-state index contributed by atoms with van der Waals surface area (Å²) in [4.78, 5) is 25.8. The number of nitrogens with zero attached hydrogens (tertiary/aromatic N) is 1. The molecule has 1 aliphatic carbocycles. The van der Waals surface area contributed by atoms with E-state index in [1.54, 1.807) is 48.5 Å². The molecule has 0 spiro atoms. The second-order valence-electron chi connectivity index (χ2n) is 6.14. The average molecular weight is 322 g/mol. The lowest BCUT2D eigenvalue weighted by atomic mass is 9.96. The molecule has 2 amide bonds. The third-order valence-corrected chi connectivity index (χ3v) is 4.36. The maximum absolute atomic E-state index is 12.9. The Hall–Kier alpha value is -2.46. The highest BCUT2D eigenvalue weighted by atomic mass is 16.2. The molecular weight excluding hydrogens is 300 g/mol. The van der Waals surface area contributed by atoms with Crippen LogP contribution in [0.15, 0.2) is 60.7 Å². The smallest absolute Gasteiger partial charge is 0.267 e. The van der Waals surface area contributed by atoms with Gasteiger partial charge in [-0.15, -0.1) is 0 Å². The summed E-state index contributed by atoms with van der Waals surface area (Å²) in [5.41, 5.74) is 4.20. The third kappa shape index (κ3) is 3.89. The molecule has 0 atom stereocenters. The predicted molar refractivity (Wildman–Crippen MR) is 93.4 cm³/mol. The average Bonchev–Trinajstić information content (AvgIpc) is 2.67. The van der Waals surface area contributed by atoms with E-state index in [1.165, 1.54) is 11.4 Å². The van der Waals surface area contributed by atoms with Crippen molar-refractivity contribution in [1.82, 2.24) is 10.4 Å². The quantitative estimate of drug-likeness (QED) is 0.688. The SMILES string of the molecule is O=C(c1ccccc1)N(NC1CCCCC1)C(=O)c1ccccc1. The number of carbonyl (C=O) groups excluding carboxylic acids is 2. The molecule has 1 fully saturated rings. The van der Waals surface area contributed by atoms with Gasteiger partial charge >= 0.3 is 0 Å². The van der Waals surface area contributed by atoms with Gasteiger partial charge in [-0.05, 0) is 37.1 Å². The van der Waals surface area contributed by atoms with Crippen LogP contribution in [0.25, 0.3) is 0 Å². The number of imide groups is 1. The van der Waals surface area contributed by atoms with Crippen LogP contribution in [0.1, 0.15) is 52.8 Å². The Morgan fingerprint density at radius 2 is 1.21 bits per heavy atom. The monoisotopic (exact) mass is 322 g/mol. The molecule has 0 saturated heterocycles. The summed E-state index contributed by atoms with van der Waals surface area (Å²) < 4.78 is 0. The second kappa shape index (κ2) is 7.88. The number of rotatable bonds is 4. The van der Waals surface area contributed by atoms with E-state index in [-0.39, 0.29) is 17.9 Å². The largest absolute Gasteiger partial charge is 0.275 e. The summed E-state index contributed by atoms with van der Waals surface area (Å²) in [6, 6.07) is 18.0. The number of carbonyl (C=O) groups is 2. The van der Waals surface area contributed by atoms with Gasteiger partial charge in [0.1, 0.15) is 0 Å². The fourth-order valence-electron chi connectivity index (χ4n) is 3.04. The van der Waals surface area contributed by atoms with Crippen molar-refractivity contribution in [2.75, 3.05) is 0 Å². The topological polar surface area (TPSA) is 49.4 Å². The van der Waals surface area contributed by atoms with E-state index < -0.39 is 0 Å². The van der Waals surface area contributed by atoms with Crippen LogP contribution in [0.2, 0.25) is 0 Å². The Morgan fingerprint density at radius 1 is 0.750 bits per heavy atom. The first-order valence-electron chi connectivity index (χ1n) is 8.51. The number of benzene rings is 2. The fraction of sp³-hybridized carbons (Fsp3) is 0.300. The predicted octanol–water partition coefficient (Wildman–Crippen LogP) is 3.81. The highest BCUT2D eigenvalue weighted by Gasteiger charge is 2.27. The summed E-state index contributed by atoms with van der Waals surface area (Å²) >= 11 is 0. The normalized spacial score (nSPS) is 15.0. The highest BCUT2D eigenvalue weighted by molar-refractivity contribution is 6.09. The van der Waals surface area contributed by atoms with Crippen molar-refractivity contribution in [2.45, 2.75) is 38.1 Å². The van der Waals surface area contributed by atoms with Crippen LogP contribution in [-0.2, 0) is 0 Å². The van der Waals surface area contributed by atoms with Gasteiger partial charge < -0.3 is 0 Å². The summed E-state index contributed by atoms with van der Waals surface area (Å²) in [7, 11) is 0. The first-order chi connectivity index (χ1) is 11.8. The summed E-state index contributed by atoms with van der Waals surface area (Å²) in [6.45, 7) is 0. The van der Waals surface area contributed by atoms with E-state index in [1.807, 2.05) is 12.1 Å². The van der Waals surface area contributed by atoms with Crippen molar-refractivity contribution < 1.29 is 9.59 Å². The molecule has 1 saturated carbocycles. The number of nitrogens with one attached hydrogen (secondary N) is 1. The van der Waals surface area contributed by atoms with E-state index >= 15 is 0 Å². The van der Waals surface area contributed by atoms with E-state index in [0.717, 1.165) is 25.7 Å². The standard InChI is InChI=1S/C20H22N2O2/c23-19(16-10-4-1-5-11-16)22(21-18-14-8-3-9-15-18)20(24)17-12-6-2-7-13-17/h1-2,4-7,10-13,18,21H,3,8-9,14-15H2. The van der Waals surface area contributed by atoms with E-state index in [2.05, 4.69) is 5.43 Å². The van der Waals surface area contributed by atoms with Crippen LogP contribution in [-0.4, -0.2) is 22.9 Å². The Kier molecular flexibility index (Phi) is 5.39. The van der Waals surface area contributed by atoms with Crippen molar-refractivity contribution in [3.63, 3.8) is 0 Å². The molecule has 0 aromatic heterocycles. The van der Waals surface area contributed by atoms with Crippen molar-refractivity contribution >= 4 is 11.8 Å². The number of amides is 2. The third-order valence-electron chi connectivity index (χ3n) is 4.36. The number of hydrogen-bond donors (Lipinski definition) is 1. The molecule has 2 aromatic rings. The zero-order valence-corrected chi connectivity index (χ0v) is 13.7. The van der Waals surface area contributed by atoms with Crippen molar-refractivity contribution in [2.24, 2.45) is 0 Å². The first-order valence-corrected chi connectivity index (χ1v) is 8.51. The minimum absolute atomic E-state index is 0.166. The van der Waals surface area contributed by atoms with Crippen LogP contribution >= 0.6 is 0 Å². The Labute approximate surface area is 142 Å². The van der Waals surface area contributed by atoms with Crippen LogP contribution in [0.3, 0.4) is 0 Å². The molecule has 2 aromatic carbocycles. The summed E-state index contributed by atoms with van der Waals surface area (Å²) in [6.07, 6.45) is 5.45. The molecular formula is C20H22N2O2. The zero-order valence-electron chi connectivity index (χ0n) is 13.7. The molecule has 1 aliphatic rings. The molecule has 4 heteroatoms. The van der Waals surface area contributed by atoms with Gasteiger partial charge in [0.25, 0.3) is 11.8 Å². The Morgan fingerprint density at radius 3 is 1.67 bits per heavy atom. The Balaban J connectivity index is 1.85. The van der Waals surface area contributed by atoms with Crippen LogP contribution in [0.4, 0.5) is 0 Å². The van der Waals surface area contributed by atoms with Crippen molar-refractivity contribution in [3.8, 4) is 0 Å². The molecule has 1 N–H and O–H groups in total. The molecule has 24 heavy (non-hydrogen) atoms. The van der Waals surface area contributed by atoms with E-state index in [4.69, 9.17) is 0 Å². The van der Waals surface area contributed by atoms with Crippen LogP contribution in [0, 0.1) is 0 Å². The molecule has 0 heterocycles. The molecule has 124 valence electrons.